The van der Waals surface area contributed by atoms with E-state index in [4.69, 9.17) is 0 Å². The molecule has 26 heavy (non-hydrogen) atoms. The van der Waals surface area contributed by atoms with Gasteiger partial charge in [0.25, 0.3) is 0 Å². The summed E-state index contributed by atoms with van der Waals surface area (Å²) < 4.78 is 0. The van der Waals surface area contributed by atoms with Gasteiger partial charge in [-0.3, -0.25) is 9.69 Å². The zero-order valence-corrected chi connectivity index (χ0v) is 16.1. The predicted molar refractivity (Wildman–Crippen MR) is 103 cm³/mol. The Morgan fingerprint density at radius 3 is 2.38 bits per heavy atom. The van der Waals surface area contributed by atoms with Crippen molar-refractivity contribution in [3.63, 3.8) is 0 Å². The number of hydrogen-bond donors (Lipinski definition) is 1. The van der Waals surface area contributed by atoms with Gasteiger partial charge in [-0.2, -0.15) is 0 Å². The molecule has 1 saturated carbocycles. The van der Waals surface area contributed by atoms with E-state index < -0.39 is 0 Å². The first-order valence-electron chi connectivity index (χ1n) is 9.79. The fourth-order valence-electron chi connectivity index (χ4n) is 3.94. The molecule has 1 N–H and O–H groups in total. The standard InChI is InChI=1S/C19H32N6O/c1-23(2)17-6-4-16(5-7-17)14-22-18(26)15-24-10-12-25(13-11-24)19-20-8-3-9-21-19/h3,8-9,16-17H,4-7,10-15H2,1-2H3,(H,22,26). The summed E-state index contributed by atoms with van der Waals surface area (Å²) in [6, 6.07) is 2.55. The van der Waals surface area contributed by atoms with Crippen LogP contribution in [0.15, 0.2) is 18.5 Å². The molecule has 1 aliphatic carbocycles. The van der Waals surface area contributed by atoms with Crippen molar-refractivity contribution >= 4 is 11.9 Å². The summed E-state index contributed by atoms with van der Waals surface area (Å²) in [6.07, 6.45) is 8.48. The van der Waals surface area contributed by atoms with E-state index in [0.717, 1.165) is 38.7 Å². The van der Waals surface area contributed by atoms with Crippen LogP contribution in [0.3, 0.4) is 0 Å². The van der Waals surface area contributed by atoms with Crippen LogP contribution in [0.5, 0.6) is 0 Å². The highest BCUT2D eigenvalue weighted by Crippen LogP contribution is 2.25. The quantitative estimate of drug-likeness (QED) is 0.811. The van der Waals surface area contributed by atoms with Gasteiger partial charge in [-0.05, 0) is 51.8 Å². The summed E-state index contributed by atoms with van der Waals surface area (Å²) in [5.41, 5.74) is 0. The first-order valence-corrected chi connectivity index (χ1v) is 9.79. The monoisotopic (exact) mass is 360 g/mol. The lowest BCUT2D eigenvalue weighted by atomic mass is 9.85. The third-order valence-corrected chi connectivity index (χ3v) is 5.71. The Hall–Kier alpha value is -1.73. The van der Waals surface area contributed by atoms with E-state index in [1.807, 2.05) is 6.07 Å². The number of hydrogen-bond acceptors (Lipinski definition) is 6. The van der Waals surface area contributed by atoms with Crippen molar-refractivity contribution in [3.8, 4) is 0 Å². The second-order valence-corrected chi connectivity index (χ2v) is 7.75. The van der Waals surface area contributed by atoms with Gasteiger partial charge in [0.05, 0.1) is 6.54 Å². The van der Waals surface area contributed by atoms with Crippen molar-refractivity contribution in [2.24, 2.45) is 5.92 Å². The van der Waals surface area contributed by atoms with Crippen LogP contribution < -0.4 is 10.2 Å². The topological polar surface area (TPSA) is 64.6 Å². The molecule has 0 atom stereocenters. The third-order valence-electron chi connectivity index (χ3n) is 5.71. The van der Waals surface area contributed by atoms with Crippen LogP contribution in [-0.4, -0.2) is 85.1 Å². The molecule has 3 rings (SSSR count). The number of carbonyl (C=O) groups excluding carboxylic acids is 1. The Labute approximate surface area is 156 Å². The Balaban J connectivity index is 1.32. The fraction of sp³-hybridized carbons (Fsp3) is 0.737. The average molecular weight is 361 g/mol. The zero-order valence-electron chi connectivity index (χ0n) is 16.1. The van der Waals surface area contributed by atoms with Crippen LogP contribution in [0.25, 0.3) is 0 Å². The maximum Gasteiger partial charge on any atom is 0.234 e. The number of piperazine rings is 1. The van der Waals surface area contributed by atoms with Gasteiger partial charge in [-0.1, -0.05) is 0 Å². The number of nitrogens with zero attached hydrogens (tertiary/aromatic N) is 5. The molecule has 0 radical (unpaired) electrons. The number of carbonyl (C=O) groups is 1. The van der Waals surface area contributed by atoms with Crippen molar-refractivity contribution in [1.82, 2.24) is 25.1 Å². The van der Waals surface area contributed by atoms with Crippen LogP contribution in [0.4, 0.5) is 5.95 Å². The molecule has 1 amide bonds. The molecule has 1 aliphatic heterocycles. The normalized spacial score (nSPS) is 24.7. The number of aromatic nitrogens is 2. The molecule has 1 saturated heterocycles. The molecule has 0 aromatic carbocycles. The van der Waals surface area contributed by atoms with Gasteiger partial charge in [-0.15, -0.1) is 0 Å². The summed E-state index contributed by atoms with van der Waals surface area (Å²) in [7, 11) is 4.33. The Morgan fingerprint density at radius 1 is 1.12 bits per heavy atom. The summed E-state index contributed by atoms with van der Waals surface area (Å²) in [4.78, 5) is 27.6. The molecule has 0 bridgehead atoms. The molecule has 1 aromatic rings. The molecule has 7 heteroatoms. The molecule has 1 aromatic heterocycles. The highest BCUT2D eigenvalue weighted by molar-refractivity contribution is 5.78. The number of rotatable bonds is 6. The largest absolute Gasteiger partial charge is 0.355 e. The first-order chi connectivity index (χ1) is 12.6. The van der Waals surface area contributed by atoms with Gasteiger partial charge < -0.3 is 15.1 Å². The highest BCUT2D eigenvalue weighted by Gasteiger charge is 2.24. The van der Waals surface area contributed by atoms with E-state index in [1.165, 1.54) is 25.7 Å². The summed E-state index contributed by atoms with van der Waals surface area (Å²) >= 11 is 0. The Morgan fingerprint density at radius 2 is 1.77 bits per heavy atom. The SMILES string of the molecule is CN(C)C1CCC(CNC(=O)CN2CCN(c3ncccn3)CC2)CC1. The van der Waals surface area contributed by atoms with Crippen LogP contribution in [0, 0.1) is 5.92 Å². The summed E-state index contributed by atoms with van der Waals surface area (Å²) in [5.74, 6) is 1.58. The van der Waals surface area contributed by atoms with Gasteiger partial charge in [0.1, 0.15) is 0 Å². The van der Waals surface area contributed by atoms with E-state index in [2.05, 4.69) is 44.1 Å². The van der Waals surface area contributed by atoms with Gasteiger partial charge in [0, 0.05) is 51.2 Å². The minimum Gasteiger partial charge on any atom is -0.355 e. The van der Waals surface area contributed by atoms with Crippen LogP contribution in [0.1, 0.15) is 25.7 Å². The Kier molecular flexibility index (Phi) is 6.80. The van der Waals surface area contributed by atoms with E-state index in [-0.39, 0.29) is 5.91 Å². The second kappa shape index (κ2) is 9.28. The van der Waals surface area contributed by atoms with Crippen molar-refractivity contribution in [2.45, 2.75) is 31.7 Å². The molecule has 2 fully saturated rings. The average Bonchev–Trinajstić information content (AvgIpc) is 2.68. The molecular formula is C19H32N6O. The maximum atomic E-state index is 12.3. The smallest absolute Gasteiger partial charge is 0.234 e. The van der Waals surface area contributed by atoms with Crippen molar-refractivity contribution in [1.29, 1.82) is 0 Å². The third kappa shape index (κ3) is 5.38. The molecule has 7 nitrogen and oxygen atoms in total. The molecule has 2 heterocycles. The van der Waals surface area contributed by atoms with Gasteiger partial charge in [0.2, 0.25) is 11.9 Å². The second-order valence-electron chi connectivity index (χ2n) is 7.75. The molecule has 0 spiro atoms. The number of anilines is 1. The van der Waals surface area contributed by atoms with Gasteiger partial charge in [-0.25, -0.2) is 9.97 Å². The molecule has 144 valence electrons. The van der Waals surface area contributed by atoms with Crippen molar-refractivity contribution in [2.75, 3.05) is 58.3 Å². The Bertz CT molecular complexity index is 550. The molecule has 0 unspecified atom stereocenters. The number of amides is 1. The molecular weight excluding hydrogens is 328 g/mol. The van der Waals surface area contributed by atoms with E-state index in [1.54, 1.807) is 12.4 Å². The highest BCUT2D eigenvalue weighted by atomic mass is 16.2. The van der Waals surface area contributed by atoms with E-state index in [0.29, 0.717) is 18.5 Å². The maximum absolute atomic E-state index is 12.3. The lowest BCUT2D eigenvalue weighted by molar-refractivity contribution is -0.122. The lowest BCUT2D eigenvalue weighted by Crippen LogP contribution is -2.50. The minimum atomic E-state index is 0.157. The van der Waals surface area contributed by atoms with Crippen molar-refractivity contribution in [3.05, 3.63) is 18.5 Å². The first kappa shape index (κ1) is 19.0. The van der Waals surface area contributed by atoms with Crippen LogP contribution in [-0.2, 0) is 4.79 Å². The van der Waals surface area contributed by atoms with E-state index in [9.17, 15) is 4.79 Å². The molecule has 2 aliphatic rings. The van der Waals surface area contributed by atoms with E-state index >= 15 is 0 Å². The minimum absolute atomic E-state index is 0.157. The van der Waals surface area contributed by atoms with Gasteiger partial charge >= 0.3 is 0 Å². The fourth-order valence-corrected chi connectivity index (χ4v) is 3.94. The number of nitrogens with one attached hydrogen (secondary N) is 1. The summed E-state index contributed by atoms with van der Waals surface area (Å²) in [6.45, 7) is 4.81. The van der Waals surface area contributed by atoms with Crippen LogP contribution >= 0.6 is 0 Å². The van der Waals surface area contributed by atoms with Gasteiger partial charge in [0.15, 0.2) is 0 Å². The van der Waals surface area contributed by atoms with Crippen LogP contribution in [0.2, 0.25) is 0 Å². The predicted octanol–water partition coefficient (Wildman–Crippen LogP) is 0.835. The zero-order chi connectivity index (χ0) is 18.4. The summed E-state index contributed by atoms with van der Waals surface area (Å²) in [5, 5.41) is 3.15. The lowest BCUT2D eigenvalue weighted by Gasteiger charge is -2.34. The van der Waals surface area contributed by atoms with Crippen molar-refractivity contribution < 1.29 is 4.79 Å².